The number of hydrogen-bond acceptors (Lipinski definition) is 1. The quantitative estimate of drug-likeness (QED) is 0.0857. The predicted molar refractivity (Wildman–Crippen MR) is 137 cm³/mol. The van der Waals surface area contributed by atoms with E-state index in [0.29, 0.717) is 5.92 Å². The van der Waals surface area contributed by atoms with Gasteiger partial charge in [-0.25, -0.2) is 0 Å². The molecule has 0 aliphatic rings. The van der Waals surface area contributed by atoms with Crippen molar-refractivity contribution < 1.29 is 4.65 Å². The van der Waals surface area contributed by atoms with Crippen LogP contribution in [0.5, 0.6) is 0 Å². The zero-order valence-corrected chi connectivity index (χ0v) is 21.7. The van der Waals surface area contributed by atoms with Gasteiger partial charge in [0.2, 0.25) is 0 Å². The molecule has 0 aliphatic carbocycles. The molecular formula is C28H59NO. The average Bonchev–Trinajstić information content (AvgIpc) is 2.69. The lowest BCUT2D eigenvalue weighted by atomic mass is 9.93. The molecule has 0 rings (SSSR count). The molecule has 0 aromatic carbocycles. The number of unbranched alkanes of at least 4 members (excludes halogenated alkanes) is 18. The SMILES string of the molecule is CCCCCCCCCCCCCCC(CCCCCCCCCC)C[N+](C)(C)[O-]. The van der Waals surface area contributed by atoms with E-state index in [1.54, 1.807) is 0 Å². The molecule has 1 unspecified atom stereocenters. The van der Waals surface area contributed by atoms with E-state index >= 15 is 0 Å². The minimum absolute atomic E-state index is 0.111. The van der Waals surface area contributed by atoms with Crippen LogP contribution in [-0.2, 0) is 0 Å². The second kappa shape index (κ2) is 22.1. The van der Waals surface area contributed by atoms with Gasteiger partial charge in [0.1, 0.15) is 0 Å². The lowest BCUT2D eigenvalue weighted by Gasteiger charge is -2.37. The zero-order valence-electron chi connectivity index (χ0n) is 21.7. The van der Waals surface area contributed by atoms with Crippen molar-refractivity contribution in [3.63, 3.8) is 0 Å². The molecule has 2 nitrogen and oxygen atoms in total. The molecule has 0 heterocycles. The van der Waals surface area contributed by atoms with E-state index in [0.717, 1.165) is 6.54 Å². The van der Waals surface area contributed by atoms with Crippen LogP contribution in [0.2, 0.25) is 0 Å². The van der Waals surface area contributed by atoms with Crippen LogP contribution < -0.4 is 0 Å². The normalized spacial score (nSPS) is 13.1. The molecular weight excluding hydrogens is 366 g/mol. The molecule has 0 aromatic rings. The molecule has 0 saturated heterocycles. The molecule has 0 fully saturated rings. The third-order valence-corrected chi connectivity index (χ3v) is 6.63. The standard InChI is InChI=1S/C28H59NO/c1-5-7-9-11-13-15-16-17-18-20-22-24-26-28(27-29(3,4)30)25-23-21-19-14-12-10-8-6-2/h28H,5-27H2,1-4H3. The van der Waals surface area contributed by atoms with Gasteiger partial charge in [-0.1, -0.05) is 142 Å². The van der Waals surface area contributed by atoms with E-state index in [2.05, 4.69) is 13.8 Å². The second-order valence-corrected chi connectivity index (χ2v) is 10.6. The van der Waals surface area contributed by atoms with Crippen LogP contribution >= 0.6 is 0 Å². The van der Waals surface area contributed by atoms with Crippen molar-refractivity contribution in [2.24, 2.45) is 5.92 Å². The maximum atomic E-state index is 12.2. The van der Waals surface area contributed by atoms with E-state index in [9.17, 15) is 5.21 Å². The molecule has 0 radical (unpaired) electrons. The zero-order chi connectivity index (χ0) is 22.3. The fourth-order valence-corrected chi connectivity index (χ4v) is 4.79. The van der Waals surface area contributed by atoms with Crippen LogP contribution in [-0.4, -0.2) is 25.3 Å². The van der Waals surface area contributed by atoms with E-state index in [4.69, 9.17) is 0 Å². The van der Waals surface area contributed by atoms with Crippen LogP contribution in [0.25, 0.3) is 0 Å². The van der Waals surface area contributed by atoms with Crippen LogP contribution in [0.4, 0.5) is 0 Å². The molecule has 30 heavy (non-hydrogen) atoms. The van der Waals surface area contributed by atoms with E-state index < -0.39 is 0 Å². The van der Waals surface area contributed by atoms with Gasteiger partial charge in [0.05, 0.1) is 20.6 Å². The summed E-state index contributed by atoms with van der Waals surface area (Å²) in [5.41, 5.74) is 0. The summed E-state index contributed by atoms with van der Waals surface area (Å²) >= 11 is 0. The molecule has 0 amide bonds. The first kappa shape index (κ1) is 29.9. The van der Waals surface area contributed by atoms with Gasteiger partial charge >= 0.3 is 0 Å². The first-order chi connectivity index (χ1) is 14.5. The molecule has 182 valence electrons. The van der Waals surface area contributed by atoms with Crippen LogP contribution in [0, 0.1) is 11.1 Å². The van der Waals surface area contributed by atoms with E-state index in [-0.39, 0.29) is 4.65 Å². The largest absolute Gasteiger partial charge is 0.633 e. The maximum Gasteiger partial charge on any atom is 0.0808 e. The van der Waals surface area contributed by atoms with Gasteiger partial charge in [-0.05, 0) is 12.8 Å². The Hall–Kier alpha value is -0.0800. The molecule has 2 heteroatoms. The van der Waals surface area contributed by atoms with Crippen molar-refractivity contribution in [1.29, 1.82) is 0 Å². The number of hydrogen-bond donors (Lipinski definition) is 0. The molecule has 0 spiro atoms. The van der Waals surface area contributed by atoms with Crippen LogP contribution in [0.1, 0.15) is 155 Å². The van der Waals surface area contributed by atoms with Gasteiger partial charge in [-0.2, -0.15) is 0 Å². The smallest absolute Gasteiger partial charge is 0.0808 e. The van der Waals surface area contributed by atoms with Crippen molar-refractivity contribution in [2.45, 2.75) is 155 Å². The number of hydroxylamine groups is 3. The highest BCUT2D eigenvalue weighted by Gasteiger charge is 2.15. The first-order valence-corrected chi connectivity index (χ1v) is 14.0. The Labute approximate surface area is 191 Å². The fourth-order valence-electron chi connectivity index (χ4n) is 4.79. The predicted octanol–water partition coefficient (Wildman–Crippen LogP) is 9.80. The Morgan fingerprint density at radius 2 is 0.733 bits per heavy atom. The molecule has 0 N–H and O–H groups in total. The summed E-state index contributed by atoms with van der Waals surface area (Å²) in [6, 6.07) is 0. The third-order valence-electron chi connectivity index (χ3n) is 6.63. The topological polar surface area (TPSA) is 23.1 Å². The van der Waals surface area contributed by atoms with Crippen molar-refractivity contribution in [3.8, 4) is 0 Å². The Morgan fingerprint density at radius 3 is 1.00 bits per heavy atom. The van der Waals surface area contributed by atoms with Crippen molar-refractivity contribution in [2.75, 3.05) is 20.6 Å². The molecule has 0 bridgehead atoms. The van der Waals surface area contributed by atoms with Gasteiger partial charge < -0.3 is 9.85 Å². The third kappa shape index (κ3) is 24.2. The molecule has 1 atom stereocenters. The Balaban J connectivity index is 3.66. The Morgan fingerprint density at radius 1 is 0.467 bits per heavy atom. The maximum absolute atomic E-state index is 12.2. The van der Waals surface area contributed by atoms with Gasteiger partial charge in [-0.3, -0.25) is 0 Å². The summed E-state index contributed by atoms with van der Waals surface area (Å²) in [7, 11) is 3.64. The number of rotatable bonds is 24. The minimum Gasteiger partial charge on any atom is -0.633 e. The monoisotopic (exact) mass is 425 g/mol. The van der Waals surface area contributed by atoms with Crippen molar-refractivity contribution >= 4 is 0 Å². The van der Waals surface area contributed by atoms with Crippen molar-refractivity contribution in [3.05, 3.63) is 5.21 Å². The molecule has 0 saturated carbocycles. The van der Waals surface area contributed by atoms with Gasteiger partial charge in [0.15, 0.2) is 0 Å². The number of nitrogens with zero attached hydrogens (tertiary/aromatic N) is 1. The highest BCUT2D eigenvalue weighted by atomic mass is 16.5. The average molecular weight is 426 g/mol. The van der Waals surface area contributed by atoms with Crippen LogP contribution in [0.15, 0.2) is 0 Å². The highest BCUT2D eigenvalue weighted by molar-refractivity contribution is 4.61. The fraction of sp³-hybridized carbons (Fsp3) is 1.00. The summed E-state index contributed by atoms with van der Waals surface area (Å²) in [4.78, 5) is 0. The van der Waals surface area contributed by atoms with Gasteiger partial charge in [0.25, 0.3) is 0 Å². The summed E-state index contributed by atoms with van der Waals surface area (Å²) in [5.74, 6) is 0.640. The Bertz CT molecular complexity index is 323. The number of quaternary nitrogens is 1. The molecule has 0 aliphatic heterocycles. The molecule has 0 aromatic heterocycles. The van der Waals surface area contributed by atoms with E-state index in [1.807, 2.05) is 14.1 Å². The second-order valence-electron chi connectivity index (χ2n) is 10.6. The van der Waals surface area contributed by atoms with Gasteiger partial charge in [0, 0.05) is 5.92 Å². The lowest BCUT2D eigenvalue weighted by Crippen LogP contribution is -2.37. The summed E-state index contributed by atoms with van der Waals surface area (Å²) in [6.07, 6.45) is 30.6. The lowest BCUT2D eigenvalue weighted by molar-refractivity contribution is -0.843. The van der Waals surface area contributed by atoms with Crippen LogP contribution in [0.3, 0.4) is 0 Å². The van der Waals surface area contributed by atoms with E-state index in [1.165, 1.54) is 141 Å². The summed E-state index contributed by atoms with van der Waals surface area (Å²) in [6.45, 7) is 5.39. The first-order valence-electron chi connectivity index (χ1n) is 14.0. The van der Waals surface area contributed by atoms with Crippen molar-refractivity contribution in [1.82, 2.24) is 0 Å². The Kier molecular flexibility index (Phi) is 22.1. The summed E-state index contributed by atoms with van der Waals surface area (Å²) in [5, 5.41) is 12.2. The highest BCUT2D eigenvalue weighted by Crippen LogP contribution is 2.22. The van der Waals surface area contributed by atoms with Gasteiger partial charge in [-0.15, -0.1) is 0 Å². The minimum atomic E-state index is -0.111. The summed E-state index contributed by atoms with van der Waals surface area (Å²) < 4.78 is -0.111.